The van der Waals surface area contributed by atoms with Crippen LogP contribution in [0.25, 0.3) is 0 Å². The Labute approximate surface area is 116 Å². The van der Waals surface area contributed by atoms with Gasteiger partial charge in [0.05, 0.1) is 18.7 Å². The number of anilines is 1. The Morgan fingerprint density at radius 3 is 2.85 bits per heavy atom. The van der Waals surface area contributed by atoms with Crippen molar-refractivity contribution in [3.63, 3.8) is 0 Å². The zero-order valence-electron chi connectivity index (χ0n) is 11.6. The molecular formula is C13H17N5O2. The first-order chi connectivity index (χ1) is 9.52. The van der Waals surface area contributed by atoms with Crippen LogP contribution < -0.4 is 15.8 Å². The highest BCUT2D eigenvalue weighted by molar-refractivity contribution is 5.98. The van der Waals surface area contributed by atoms with Gasteiger partial charge in [-0.05, 0) is 25.1 Å². The number of amides is 1. The molecule has 2 rings (SSSR count). The molecule has 106 valence electrons. The number of benzene rings is 1. The average Bonchev–Trinajstić information content (AvgIpc) is 2.85. The van der Waals surface area contributed by atoms with Crippen molar-refractivity contribution in [2.75, 3.05) is 12.8 Å². The zero-order valence-corrected chi connectivity index (χ0v) is 11.6. The Bertz CT molecular complexity index is 623. The minimum Gasteiger partial charge on any atom is -0.496 e. The van der Waals surface area contributed by atoms with Crippen molar-refractivity contribution < 1.29 is 9.53 Å². The Balaban J connectivity index is 2.20. The predicted molar refractivity (Wildman–Crippen MR) is 74.3 cm³/mol. The van der Waals surface area contributed by atoms with E-state index >= 15 is 0 Å². The molecule has 0 spiro atoms. The Hall–Kier alpha value is -2.57. The Morgan fingerprint density at radius 1 is 1.50 bits per heavy atom. The summed E-state index contributed by atoms with van der Waals surface area (Å²) < 4.78 is 6.92. The molecule has 1 amide bonds. The number of hydrogen-bond acceptors (Lipinski definition) is 5. The number of methoxy groups -OCH3 is 1. The van der Waals surface area contributed by atoms with Crippen molar-refractivity contribution in [2.24, 2.45) is 7.05 Å². The van der Waals surface area contributed by atoms with Gasteiger partial charge in [0.15, 0.2) is 5.82 Å². The molecule has 0 aliphatic rings. The van der Waals surface area contributed by atoms with E-state index in [9.17, 15) is 4.79 Å². The normalized spacial score (nSPS) is 11.9. The average molecular weight is 275 g/mol. The van der Waals surface area contributed by atoms with Gasteiger partial charge in [-0.15, -0.1) is 10.2 Å². The summed E-state index contributed by atoms with van der Waals surface area (Å²) in [6.45, 7) is 1.83. The number of hydrogen-bond donors (Lipinski definition) is 2. The lowest BCUT2D eigenvalue weighted by atomic mass is 10.1. The van der Waals surface area contributed by atoms with Crippen molar-refractivity contribution in [3.8, 4) is 5.75 Å². The molecule has 0 aliphatic heterocycles. The maximum atomic E-state index is 12.3. The number of carbonyl (C=O) groups excluding carboxylic acids is 1. The highest BCUT2D eigenvalue weighted by Crippen LogP contribution is 2.21. The maximum Gasteiger partial charge on any atom is 0.255 e. The van der Waals surface area contributed by atoms with Crippen molar-refractivity contribution in [2.45, 2.75) is 13.0 Å². The molecule has 1 aromatic carbocycles. The summed E-state index contributed by atoms with van der Waals surface area (Å²) in [5.74, 6) is 0.868. The molecule has 0 aliphatic carbocycles. The lowest BCUT2D eigenvalue weighted by Gasteiger charge is -2.15. The molecule has 2 aromatic rings. The van der Waals surface area contributed by atoms with Crippen LogP contribution in [0.1, 0.15) is 29.1 Å². The van der Waals surface area contributed by atoms with E-state index in [1.807, 2.05) is 14.0 Å². The lowest BCUT2D eigenvalue weighted by Crippen LogP contribution is -2.28. The van der Waals surface area contributed by atoms with Crippen LogP contribution in [-0.4, -0.2) is 27.8 Å². The zero-order chi connectivity index (χ0) is 14.7. The van der Waals surface area contributed by atoms with E-state index in [4.69, 9.17) is 10.5 Å². The molecule has 0 fully saturated rings. The highest BCUT2D eigenvalue weighted by atomic mass is 16.5. The van der Waals surface area contributed by atoms with Gasteiger partial charge < -0.3 is 20.4 Å². The number of nitrogen functional groups attached to an aromatic ring is 1. The molecule has 0 bridgehead atoms. The summed E-state index contributed by atoms with van der Waals surface area (Å²) in [5, 5.41) is 10.6. The molecule has 0 saturated carbocycles. The molecule has 0 radical (unpaired) electrons. The first-order valence-electron chi connectivity index (χ1n) is 6.11. The number of carbonyl (C=O) groups is 1. The van der Waals surface area contributed by atoms with Gasteiger partial charge in [0.25, 0.3) is 5.91 Å². The van der Waals surface area contributed by atoms with Crippen LogP contribution in [0.3, 0.4) is 0 Å². The number of ether oxygens (including phenoxy) is 1. The molecule has 1 atom stereocenters. The second kappa shape index (κ2) is 5.60. The maximum absolute atomic E-state index is 12.3. The first-order valence-corrected chi connectivity index (χ1v) is 6.11. The topological polar surface area (TPSA) is 95.1 Å². The summed E-state index contributed by atoms with van der Waals surface area (Å²) >= 11 is 0. The molecular weight excluding hydrogens is 258 g/mol. The smallest absolute Gasteiger partial charge is 0.255 e. The second-order valence-corrected chi connectivity index (χ2v) is 4.45. The van der Waals surface area contributed by atoms with Gasteiger partial charge in [-0.3, -0.25) is 4.79 Å². The molecule has 7 heteroatoms. The van der Waals surface area contributed by atoms with Crippen molar-refractivity contribution >= 4 is 11.6 Å². The van der Waals surface area contributed by atoms with Crippen molar-refractivity contribution in [3.05, 3.63) is 35.9 Å². The largest absolute Gasteiger partial charge is 0.496 e. The van der Waals surface area contributed by atoms with Crippen molar-refractivity contribution in [1.29, 1.82) is 0 Å². The minimum absolute atomic E-state index is 0.273. The van der Waals surface area contributed by atoms with Crippen LogP contribution >= 0.6 is 0 Å². The van der Waals surface area contributed by atoms with E-state index in [0.29, 0.717) is 22.8 Å². The summed E-state index contributed by atoms with van der Waals surface area (Å²) in [7, 11) is 3.33. The third-order valence-corrected chi connectivity index (χ3v) is 2.95. The summed E-state index contributed by atoms with van der Waals surface area (Å²) in [5.41, 5.74) is 6.60. The van der Waals surface area contributed by atoms with Crippen LogP contribution in [0.5, 0.6) is 5.75 Å². The standard InChI is InChI=1S/C13H17N5O2/c1-8(12-17-15-7-18(12)2)16-13(19)10-6-9(14)4-5-11(10)20-3/h4-8H,14H2,1-3H3,(H,16,19). The monoisotopic (exact) mass is 275 g/mol. The SMILES string of the molecule is COc1ccc(N)cc1C(=O)NC(C)c1nncn1C. The number of nitrogens with zero attached hydrogens (tertiary/aromatic N) is 3. The number of nitrogens with two attached hydrogens (primary N) is 1. The van der Waals surface area contributed by atoms with Gasteiger partial charge in [0, 0.05) is 12.7 Å². The fraction of sp³-hybridized carbons (Fsp3) is 0.308. The number of nitrogens with one attached hydrogen (secondary N) is 1. The molecule has 3 N–H and O–H groups in total. The van der Waals surface area contributed by atoms with Crippen LogP contribution in [0, 0.1) is 0 Å². The minimum atomic E-state index is -0.277. The van der Waals surface area contributed by atoms with E-state index in [2.05, 4.69) is 15.5 Å². The number of rotatable bonds is 4. The first kappa shape index (κ1) is 13.9. The van der Waals surface area contributed by atoms with Gasteiger partial charge >= 0.3 is 0 Å². The highest BCUT2D eigenvalue weighted by Gasteiger charge is 2.18. The number of aromatic nitrogens is 3. The van der Waals surface area contributed by atoms with Gasteiger partial charge in [-0.25, -0.2) is 0 Å². The third kappa shape index (κ3) is 2.71. The quantitative estimate of drug-likeness (QED) is 0.808. The third-order valence-electron chi connectivity index (χ3n) is 2.95. The molecule has 1 unspecified atom stereocenters. The Kier molecular flexibility index (Phi) is 3.88. The predicted octanol–water partition coefficient (Wildman–Crippen LogP) is 0.897. The van der Waals surface area contributed by atoms with E-state index in [1.165, 1.54) is 7.11 Å². The summed E-state index contributed by atoms with van der Waals surface area (Å²) in [4.78, 5) is 12.3. The van der Waals surface area contributed by atoms with Gasteiger partial charge in [0.1, 0.15) is 12.1 Å². The molecule has 0 saturated heterocycles. The van der Waals surface area contributed by atoms with Crippen LogP contribution in [0.15, 0.2) is 24.5 Å². The second-order valence-electron chi connectivity index (χ2n) is 4.45. The fourth-order valence-corrected chi connectivity index (χ4v) is 1.93. The van der Waals surface area contributed by atoms with E-state index in [1.54, 1.807) is 29.1 Å². The van der Waals surface area contributed by atoms with Crippen molar-refractivity contribution in [1.82, 2.24) is 20.1 Å². The van der Waals surface area contributed by atoms with Crippen LogP contribution in [0.2, 0.25) is 0 Å². The van der Waals surface area contributed by atoms with E-state index in [-0.39, 0.29) is 11.9 Å². The lowest BCUT2D eigenvalue weighted by molar-refractivity contribution is 0.0935. The van der Waals surface area contributed by atoms with E-state index in [0.717, 1.165) is 0 Å². The summed E-state index contributed by atoms with van der Waals surface area (Å²) in [6.07, 6.45) is 1.58. The van der Waals surface area contributed by atoms with Gasteiger partial charge in [0.2, 0.25) is 0 Å². The van der Waals surface area contributed by atoms with E-state index < -0.39 is 0 Å². The molecule has 7 nitrogen and oxygen atoms in total. The van der Waals surface area contributed by atoms with Crippen LogP contribution in [0.4, 0.5) is 5.69 Å². The fourth-order valence-electron chi connectivity index (χ4n) is 1.93. The molecule has 1 heterocycles. The molecule has 1 aromatic heterocycles. The summed E-state index contributed by atoms with van der Waals surface area (Å²) in [6, 6.07) is 4.65. The molecule has 20 heavy (non-hydrogen) atoms. The Morgan fingerprint density at radius 2 is 2.25 bits per heavy atom. The van der Waals surface area contributed by atoms with Crippen LogP contribution in [-0.2, 0) is 7.05 Å². The van der Waals surface area contributed by atoms with Gasteiger partial charge in [-0.1, -0.05) is 0 Å². The van der Waals surface area contributed by atoms with Gasteiger partial charge in [-0.2, -0.15) is 0 Å². The number of aryl methyl sites for hydroxylation is 1.